The van der Waals surface area contributed by atoms with Crippen LogP contribution in [0.1, 0.15) is 31.4 Å². The first-order chi connectivity index (χ1) is 8.15. The van der Waals surface area contributed by atoms with Gasteiger partial charge in [0.05, 0.1) is 12.2 Å². The monoisotopic (exact) mass is 257 g/mol. The highest BCUT2D eigenvalue weighted by atomic mass is 35.5. The molecule has 3 N–H and O–H groups in total. The summed E-state index contributed by atoms with van der Waals surface area (Å²) in [4.78, 5) is 0. The van der Waals surface area contributed by atoms with Crippen LogP contribution in [0.3, 0.4) is 0 Å². The van der Waals surface area contributed by atoms with Crippen LogP contribution in [0.4, 0.5) is 0 Å². The Kier molecular flexibility index (Phi) is 6.52. The van der Waals surface area contributed by atoms with Gasteiger partial charge in [0.2, 0.25) is 0 Å². The number of benzene rings is 1. The molecule has 0 radical (unpaired) electrons. The molecule has 0 saturated heterocycles. The first-order valence-corrected chi connectivity index (χ1v) is 6.34. The summed E-state index contributed by atoms with van der Waals surface area (Å²) in [5, 5.41) is 23.0. The number of aliphatic hydroxyl groups excluding tert-OH is 2. The van der Waals surface area contributed by atoms with Gasteiger partial charge in [0.1, 0.15) is 0 Å². The predicted octanol–water partition coefficient (Wildman–Crippen LogP) is 2.12. The van der Waals surface area contributed by atoms with Gasteiger partial charge in [-0.05, 0) is 25.5 Å². The molecule has 0 aromatic heterocycles. The smallest absolute Gasteiger partial charge is 0.0928 e. The van der Waals surface area contributed by atoms with E-state index in [1.165, 1.54) is 0 Å². The van der Waals surface area contributed by atoms with Gasteiger partial charge in [-0.15, -0.1) is 0 Å². The number of hydrogen-bond acceptors (Lipinski definition) is 3. The van der Waals surface area contributed by atoms with Gasteiger partial charge in [0, 0.05) is 17.1 Å². The van der Waals surface area contributed by atoms with Crippen molar-refractivity contribution in [2.24, 2.45) is 0 Å². The zero-order valence-corrected chi connectivity index (χ0v) is 10.8. The summed E-state index contributed by atoms with van der Waals surface area (Å²) in [5.74, 6) is 0. The molecule has 0 aliphatic carbocycles. The predicted molar refractivity (Wildman–Crippen MR) is 70.2 cm³/mol. The highest BCUT2D eigenvalue weighted by Crippen LogP contribution is 2.21. The summed E-state index contributed by atoms with van der Waals surface area (Å²) in [5.41, 5.74) is 0.734. The van der Waals surface area contributed by atoms with Crippen molar-refractivity contribution in [3.63, 3.8) is 0 Å². The maximum absolute atomic E-state index is 9.91. The molecular formula is C13H20ClNO2. The Balaban J connectivity index is 2.30. The van der Waals surface area contributed by atoms with Gasteiger partial charge >= 0.3 is 0 Å². The summed E-state index contributed by atoms with van der Waals surface area (Å²) in [7, 11) is 0. The van der Waals surface area contributed by atoms with Crippen LogP contribution in [0.15, 0.2) is 24.3 Å². The van der Waals surface area contributed by atoms with Crippen molar-refractivity contribution in [2.75, 3.05) is 13.1 Å². The third-order valence-electron chi connectivity index (χ3n) is 2.73. The molecule has 1 aromatic carbocycles. The highest BCUT2D eigenvalue weighted by molar-refractivity contribution is 6.31. The Bertz CT molecular complexity index is 333. The molecule has 0 fully saturated rings. The lowest BCUT2D eigenvalue weighted by Crippen LogP contribution is -2.25. The first kappa shape index (κ1) is 14.5. The molecule has 2 unspecified atom stereocenters. The molecule has 0 bridgehead atoms. The Hall–Kier alpha value is -0.610. The van der Waals surface area contributed by atoms with Crippen LogP contribution in [0.2, 0.25) is 5.02 Å². The zero-order valence-electron chi connectivity index (χ0n) is 10.1. The average molecular weight is 258 g/mol. The molecule has 17 heavy (non-hydrogen) atoms. The third kappa shape index (κ3) is 5.04. The first-order valence-electron chi connectivity index (χ1n) is 5.96. The minimum Gasteiger partial charge on any atom is -0.393 e. The average Bonchev–Trinajstić information content (AvgIpc) is 2.34. The van der Waals surface area contributed by atoms with Gasteiger partial charge in [-0.25, -0.2) is 0 Å². The van der Waals surface area contributed by atoms with Crippen molar-refractivity contribution < 1.29 is 10.2 Å². The Morgan fingerprint density at radius 2 is 2.00 bits per heavy atom. The molecule has 0 amide bonds. The quantitative estimate of drug-likeness (QED) is 0.656. The van der Waals surface area contributed by atoms with Crippen LogP contribution >= 0.6 is 11.6 Å². The molecule has 1 rings (SSSR count). The van der Waals surface area contributed by atoms with E-state index in [2.05, 4.69) is 5.32 Å². The topological polar surface area (TPSA) is 52.5 Å². The normalized spacial score (nSPS) is 14.6. The molecule has 0 saturated carbocycles. The molecule has 96 valence electrons. The molecule has 0 heterocycles. The van der Waals surface area contributed by atoms with Crippen molar-refractivity contribution in [3.8, 4) is 0 Å². The molecule has 0 spiro atoms. The standard InChI is InChI=1S/C13H20ClNO2/c1-2-10(16)7-8-15-9-13(17)11-5-3-4-6-12(11)14/h3-6,10,13,15-17H,2,7-9H2,1H3. The minimum absolute atomic E-state index is 0.264. The fourth-order valence-corrected chi connectivity index (χ4v) is 1.83. The number of hydrogen-bond donors (Lipinski definition) is 3. The van der Waals surface area contributed by atoms with Crippen LogP contribution in [0.25, 0.3) is 0 Å². The number of rotatable bonds is 7. The number of nitrogens with one attached hydrogen (secondary N) is 1. The summed E-state index contributed by atoms with van der Waals surface area (Å²) < 4.78 is 0. The largest absolute Gasteiger partial charge is 0.393 e. The molecule has 4 heteroatoms. The van der Waals surface area contributed by atoms with Gasteiger partial charge in [0.15, 0.2) is 0 Å². The van der Waals surface area contributed by atoms with E-state index in [1.807, 2.05) is 25.1 Å². The second-order valence-electron chi connectivity index (χ2n) is 4.09. The summed E-state index contributed by atoms with van der Waals surface area (Å²) in [6.45, 7) is 3.08. The lowest BCUT2D eigenvalue weighted by Gasteiger charge is -2.14. The molecule has 0 aliphatic rings. The second kappa shape index (κ2) is 7.67. The van der Waals surface area contributed by atoms with Gasteiger partial charge in [-0.1, -0.05) is 36.7 Å². The lowest BCUT2D eigenvalue weighted by molar-refractivity contribution is 0.150. The van der Waals surface area contributed by atoms with E-state index in [-0.39, 0.29) is 6.10 Å². The highest BCUT2D eigenvalue weighted by Gasteiger charge is 2.10. The van der Waals surface area contributed by atoms with E-state index < -0.39 is 6.10 Å². The van der Waals surface area contributed by atoms with Crippen molar-refractivity contribution in [2.45, 2.75) is 32.0 Å². The van der Waals surface area contributed by atoms with Crippen molar-refractivity contribution in [3.05, 3.63) is 34.9 Å². The van der Waals surface area contributed by atoms with E-state index >= 15 is 0 Å². The summed E-state index contributed by atoms with van der Waals surface area (Å²) >= 11 is 5.98. The summed E-state index contributed by atoms with van der Waals surface area (Å²) in [6.07, 6.45) is 0.586. The fourth-order valence-electron chi connectivity index (χ4n) is 1.57. The zero-order chi connectivity index (χ0) is 12.7. The number of aliphatic hydroxyl groups is 2. The molecule has 1 aromatic rings. The van der Waals surface area contributed by atoms with Crippen LogP contribution in [-0.2, 0) is 0 Å². The molecular weight excluding hydrogens is 238 g/mol. The maximum Gasteiger partial charge on any atom is 0.0928 e. The Labute approximate surface area is 107 Å². The van der Waals surface area contributed by atoms with Crippen LogP contribution in [0.5, 0.6) is 0 Å². The Morgan fingerprint density at radius 3 is 2.65 bits per heavy atom. The minimum atomic E-state index is -0.609. The third-order valence-corrected chi connectivity index (χ3v) is 3.07. The van der Waals surface area contributed by atoms with Gasteiger partial charge in [-0.3, -0.25) is 0 Å². The second-order valence-corrected chi connectivity index (χ2v) is 4.50. The van der Waals surface area contributed by atoms with Crippen molar-refractivity contribution >= 4 is 11.6 Å². The molecule has 2 atom stereocenters. The van der Waals surface area contributed by atoms with E-state index in [9.17, 15) is 10.2 Å². The van der Waals surface area contributed by atoms with Crippen molar-refractivity contribution in [1.29, 1.82) is 0 Å². The van der Waals surface area contributed by atoms with Crippen molar-refractivity contribution in [1.82, 2.24) is 5.32 Å². The van der Waals surface area contributed by atoms with Crippen LogP contribution < -0.4 is 5.32 Å². The van der Waals surface area contributed by atoms with Crippen LogP contribution in [-0.4, -0.2) is 29.4 Å². The van der Waals surface area contributed by atoms with E-state index in [4.69, 9.17) is 11.6 Å². The fraction of sp³-hybridized carbons (Fsp3) is 0.538. The SMILES string of the molecule is CCC(O)CCNCC(O)c1ccccc1Cl. The van der Waals surface area contributed by atoms with Gasteiger partial charge in [-0.2, -0.15) is 0 Å². The van der Waals surface area contributed by atoms with Gasteiger partial charge in [0.25, 0.3) is 0 Å². The van der Waals surface area contributed by atoms with Crippen LogP contribution in [0, 0.1) is 0 Å². The Morgan fingerprint density at radius 1 is 1.29 bits per heavy atom. The number of halogens is 1. The van der Waals surface area contributed by atoms with E-state index in [0.29, 0.717) is 24.5 Å². The van der Waals surface area contributed by atoms with E-state index in [1.54, 1.807) is 6.07 Å². The van der Waals surface area contributed by atoms with Gasteiger partial charge < -0.3 is 15.5 Å². The molecule has 3 nitrogen and oxygen atoms in total. The molecule has 0 aliphatic heterocycles. The van der Waals surface area contributed by atoms with E-state index in [0.717, 1.165) is 12.0 Å². The summed E-state index contributed by atoms with van der Waals surface area (Å²) in [6, 6.07) is 7.27. The maximum atomic E-state index is 9.91. The lowest BCUT2D eigenvalue weighted by atomic mass is 10.1.